The van der Waals surface area contributed by atoms with Crippen molar-refractivity contribution in [3.05, 3.63) is 80.7 Å². The fraction of sp³-hybridized carbons (Fsp3) is 0.333. The molecule has 1 unspecified atom stereocenters. The highest BCUT2D eigenvalue weighted by molar-refractivity contribution is 5.78. The van der Waals surface area contributed by atoms with Gasteiger partial charge in [-0.25, -0.2) is 0 Å². The second-order valence-electron chi connectivity index (χ2n) is 7.99. The molecule has 33 heavy (non-hydrogen) atoms. The van der Waals surface area contributed by atoms with Gasteiger partial charge in [-0.2, -0.15) is 5.10 Å². The van der Waals surface area contributed by atoms with Gasteiger partial charge in [0.25, 0.3) is 0 Å². The van der Waals surface area contributed by atoms with Crippen LogP contribution in [0.3, 0.4) is 0 Å². The van der Waals surface area contributed by atoms with Crippen LogP contribution in [0.4, 0.5) is 5.69 Å². The summed E-state index contributed by atoms with van der Waals surface area (Å²) in [4.78, 5) is 26.2. The summed E-state index contributed by atoms with van der Waals surface area (Å²) in [6.45, 7) is 3.62. The molecule has 2 aromatic carbocycles. The van der Waals surface area contributed by atoms with Gasteiger partial charge in [0.15, 0.2) is 11.5 Å². The van der Waals surface area contributed by atoms with Crippen LogP contribution in [0.25, 0.3) is 0 Å². The van der Waals surface area contributed by atoms with Crippen LogP contribution < -0.4 is 9.47 Å². The lowest BCUT2D eigenvalue weighted by Gasteiger charge is -2.38. The summed E-state index contributed by atoms with van der Waals surface area (Å²) < 4.78 is 12.4. The summed E-state index contributed by atoms with van der Waals surface area (Å²) in [5, 5.41) is 15.6. The number of hydrogen-bond acceptors (Lipinski definition) is 6. The van der Waals surface area contributed by atoms with Crippen LogP contribution in [-0.2, 0) is 17.8 Å². The molecular formula is C24H26N4O5. The first-order valence-electron chi connectivity index (χ1n) is 10.6. The maximum absolute atomic E-state index is 13.5. The van der Waals surface area contributed by atoms with E-state index < -0.39 is 4.92 Å². The highest BCUT2D eigenvalue weighted by atomic mass is 16.6. The van der Waals surface area contributed by atoms with Crippen LogP contribution in [-0.4, -0.2) is 46.3 Å². The largest absolute Gasteiger partial charge is 0.493 e. The summed E-state index contributed by atoms with van der Waals surface area (Å²) in [7, 11) is 3.19. The molecule has 0 aliphatic carbocycles. The fourth-order valence-corrected chi connectivity index (χ4v) is 4.53. The van der Waals surface area contributed by atoms with E-state index in [9.17, 15) is 14.9 Å². The third-order valence-electron chi connectivity index (χ3n) is 6.12. The molecule has 9 nitrogen and oxygen atoms in total. The minimum atomic E-state index is -0.456. The molecule has 0 fully saturated rings. The molecular weight excluding hydrogens is 424 g/mol. The number of benzene rings is 2. The number of methoxy groups -OCH3 is 2. The summed E-state index contributed by atoms with van der Waals surface area (Å²) in [6.07, 6.45) is 0.655. The molecule has 9 heteroatoms. The Morgan fingerprint density at radius 2 is 1.82 bits per heavy atom. The monoisotopic (exact) mass is 450 g/mol. The van der Waals surface area contributed by atoms with Crippen molar-refractivity contribution in [3.63, 3.8) is 0 Å². The zero-order valence-electron chi connectivity index (χ0n) is 19.1. The van der Waals surface area contributed by atoms with Crippen molar-refractivity contribution in [1.29, 1.82) is 0 Å². The average Bonchev–Trinajstić information content (AvgIpc) is 3.10. The first-order valence-corrected chi connectivity index (χ1v) is 10.6. The van der Waals surface area contributed by atoms with Crippen molar-refractivity contribution < 1.29 is 19.2 Å². The van der Waals surface area contributed by atoms with Gasteiger partial charge in [0, 0.05) is 6.54 Å². The first kappa shape index (κ1) is 22.3. The molecule has 0 bridgehead atoms. The Morgan fingerprint density at radius 1 is 1.15 bits per heavy atom. The van der Waals surface area contributed by atoms with E-state index in [0.29, 0.717) is 35.9 Å². The molecule has 3 aromatic rings. The number of carbonyl (C=O) groups excluding carboxylic acids is 1. The average molecular weight is 450 g/mol. The predicted molar refractivity (Wildman–Crippen MR) is 122 cm³/mol. The lowest BCUT2D eigenvalue weighted by Crippen LogP contribution is -2.42. The van der Waals surface area contributed by atoms with Crippen LogP contribution >= 0.6 is 0 Å². The van der Waals surface area contributed by atoms with Crippen molar-refractivity contribution in [2.24, 2.45) is 0 Å². The van der Waals surface area contributed by atoms with Gasteiger partial charge < -0.3 is 14.4 Å². The van der Waals surface area contributed by atoms with Crippen molar-refractivity contribution in [3.8, 4) is 11.5 Å². The van der Waals surface area contributed by atoms with Gasteiger partial charge in [0.2, 0.25) is 5.91 Å². The van der Waals surface area contributed by atoms with E-state index in [0.717, 1.165) is 16.7 Å². The zero-order chi connectivity index (χ0) is 23.7. The van der Waals surface area contributed by atoms with Crippen molar-refractivity contribution >= 4 is 11.6 Å². The molecule has 1 amide bonds. The highest BCUT2D eigenvalue weighted by Gasteiger charge is 2.34. The topological polar surface area (TPSA) is 99.7 Å². The number of ether oxygens (including phenoxy) is 2. The van der Waals surface area contributed by atoms with Gasteiger partial charge >= 0.3 is 5.69 Å². The van der Waals surface area contributed by atoms with E-state index in [2.05, 4.69) is 5.10 Å². The second kappa shape index (κ2) is 8.93. The van der Waals surface area contributed by atoms with E-state index in [4.69, 9.17) is 9.47 Å². The normalized spacial score (nSPS) is 15.2. The Morgan fingerprint density at radius 3 is 2.42 bits per heavy atom. The summed E-state index contributed by atoms with van der Waals surface area (Å²) in [5.41, 5.74) is 3.64. The number of nitrogens with zero attached hydrogens (tertiary/aromatic N) is 4. The Labute approximate surface area is 191 Å². The summed E-state index contributed by atoms with van der Waals surface area (Å²) >= 11 is 0. The number of aromatic nitrogens is 2. The van der Waals surface area contributed by atoms with E-state index in [1.807, 2.05) is 47.4 Å². The van der Waals surface area contributed by atoms with Crippen molar-refractivity contribution in [2.45, 2.75) is 32.9 Å². The van der Waals surface area contributed by atoms with Gasteiger partial charge in [-0.05, 0) is 49.1 Å². The predicted octanol–water partition coefficient (Wildman–Crippen LogP) is 3.60. The SMILES string of the molecule is COc1cc2c(cc1OC)C(c1ccccc1)N(C(=O)Cn1nc(C)c([N+](=O)[O-])c1C)CC2. The lowest BCUT2D eigenvalue weighted by molar-refractivity contribution is -0.386. The van der Waals surface area contributed by atoms with Gasteiger partial charge in [-0.15, -0.1) is 0 Å². The minimum Gasteiger partial charge on any atom is -0.493 e. The Kier molecular flexibility index (Phi) is 6.04. The third-order valence-corrected chi connectivity index (χ3v) is 6.12. The van der Waals surface area contributed by atoms with Crippen LogP contribution in [0, 0.1) is 24.0 Å². The Bertz CT molecular complexity index is 1210. The smallest absolute Gasteiger partial charge is 0.312 e. The van der Waals surface area contributed by atoms with Crippen LogP contribution in [0.5, 0.6) is 11.5 Å². The number of fused-ring (bicyclic) bond motifs is 1. The zero-order valence-corrected chi connectivity index (χ0v) is 19.1. The van der Waals surface area contributed by atoms with Crippen molar-refractivity contribution in [2.75, 3.05) is 20.8 Å². The summed E-state index contributed by atoms with van der Waals surface area (Å²) in [5.74, 6) is 1.09. The number of carbonyl (C=O) groups is 1. The van der Waals surface area contributed by atoms with Gasteiger partial charge in [0.1, 0.15) is 17.9 Å². The standard InChI is InChI=1S/C24H26N4O5/c1-15-23(28(30)31)16(2)27(25-15)14-22(29)26-11-10-18-12-20(32-3)21(33-4)13-19(18)24(26)17-8-6-5-7-9-17/h5-9,12-13,24H,10-11,14H2,1-4H3. The van der Waals surface area contributed by atoms with E-state index in [-0.39, 0.29) is 24.2 Å². The number of amides is 1. The maximum Gasteiger partial charge on any atom is 0.312 e. The van der Waals surface area contributed by atoms with Gasteiger partial charge in [-0.1, -0.05) is 30.3 Å². The molecule has 2 heterocycles. The number of aryl methyl sites for hydroxylation is 1. The number of rotatable bonds is 6. The molecule has 0 radical (unpaired) electrons. The molecule has 1 aliphatic rings. The van der Waals surface area contributed by atoms with Crippen LogP contribution in [0.1, 0.15) is 34.1 Å². The fourth-order valence-electron chi connectivity index (χ4n) is 4.53. The lowest BCUT2D eigenvalue weighted by atomic mass is 9.87. The van der Waals surface area contributed by atoms with E-state index >= 15 is 0 Å². The molecule has 0 saturated heterocycles. The highest BCUT2D eigenvalue weighted by Crippen LogP contribution is 2.41. The third kappa shape index (κ3) is 4.02. The molecule has 0 N–H and O–H groups in total. The number of nitro groups is 1. The molecule has 1 aromatic heterocycles. The molecule has 1 atom stereocenters. The van der Waals surface area contributed by atoms with Crippen LogP contribution in [0.15, 0.2) is 42.5 Å². The maximum atomic E-state index is 13.5. The van der Waals surface area contributed by atoms with Gasteiger partial charge in [0.05, 0.1) is 25.2 Å². The quantitative estimate of drug-likeness (QED) is 0.420. The molecule has 1 aliphatic heterocycles. The second-order valence-corrected chi connectivity index (χ2v) is 7.99. The van der Waals surface area contributed by atoms with E-state index in [1.54, 1.807) is 28.1 Å². The molecule has 0 spiro atoms. The molecule has 0 saturated carbocycles. The first-order chi connectivity index (χ1) is 15.8. The van der Waals surface area contributed by atoms with E-state index in [1.165, 1.54) is 4.68 Å². The van der Waals surface area contributed by atoms with Crippen LogP contribution in [0.2, 0.25) is 0 Å². The summed E-state index contributed by atoms with van der Waals surface area (Å²) in [6, 6.07) is 13.4. The van der Waals surface area contributed by atoms with Gasteiger partial charge in [-0.3, -0.25) is 19.6 Å². The Balaban J connectivity index is 1.75. The number of hydrogen-bond donors (Lipinski definition) is 0. The minimum absolute atomic E-state index is 0.0526. The molecule has 172 valence electrons. The Hall–Kier alpha value is -3.88. The van der Waals surface area contributed by atoms with Crippen molar-refractivity contribution in [1.82, 2.24) is 14.7 Å². The molecule has 4 rings (SSSR count).